The summed E-state index contributed by atoms with van der Waals surface area (Å²) in [5, 5.41) is 1.83. The number of amides is 1. The zero-order valence-corrected chi connectivity index (χ0v) is 12.1. The van der Waals surface area contributed by atoms with Crippen LogP contribution in [0.1, 0.15) is 22.1 Å². The number of hydrogen-bond donors (Lipinski definition) is 1. The normalized spacial score (nSPS) is 14.8. The molecule has 1 heterocycles. The summed E-state index contributed by atoms with van der Waals surface area (Å²) in [5.74, 6) is -1.62. The van der Waals surface area contributed by atoms with E-state index in [0.29, 0.717) is 16.8 Å². The van der Waals surface area contributed by atoms with Crippen molar-refractivity contribution in [3.8, 4) is 0 Å². The van der Waals surface area contributed by atoms with Gasteiger partial charge in [0.05, 0.1) is 11.8 Å². The van der Waals surface area contributed by atoms with Crippen LogP contribution < -0.4 is 5.32 Å². The number of carbonyl (C=O) groups excluding carboxylic acids is 1. The van der Waals surface area contributed by atoms with Gasteiger partial charge in [-0.25, -0.2) is 8.78 Å². The maximum Gasteiger partial charge on any atom is 0.228 e. The third-order valence-electron chi connectivity index (χ3n) is 3.37. The molecule has 2 nitrogen and oxygen atoms in total. The zero-order valence-electron chi connectivity index (χ0n) is 10.6. The summed E-state index contributed by atoms with van der Waals surface area (Å²) in [5.41, 5.74) is 1.43. The Labute approximate surface area is 129 Å². The highest BCUT2D eigenvalue weighted by atomic mass is 35.5. The topological polar surface area (TPSA) is 29.1 Å². The first-order valence-electron chi connectivity index (χ1n) is 6.17. The molecule has 1 atom stereocenters. The summed E-state index contributed by atoms with van der Waals surface area (Å²) in [6.07, 6.45) is 0.197. The molecule has 1 N–H and O–H groups in total. The number of alkyl halides is 1. The van der Waals surface area contributed by atoms with E-state index in [0.717, 1.165) is 12.1 Å². The van der Waals surface area contributed by atoms with Crippen molar-refractivity contribution in [2.75, 3.05) is 5.32 Å². The van der Waals surface area contributed by atoms with Crippen molar-refractivity contribution in [1.82, 2.24) is 0 Å². The fourth-order valence-electron chi connectivity index (χ4n) is 2.37. The molecule has 0 radical (unpaired) electrons. The number of anilines is 1. The highest BCUT2D eigenvalue weighted by Gasteiger charge is 2.25. The standard InChI is InChI=1S/C15H9Cl2F2NO/c16-9-6-12-7(5-13(21)20-12)4-8(9)15(17)14-10(18)2-1-3-11(14)19/h1-4,6,15H,5H2,(H,20,21). The second-order valence-electron chi connectivity index (χ2n) is 4.75. The SMILES string of the molecule is O=C1Cc2cc(C(Cl)c3c(F)cccc3F)c(Cl)cc2N1. The molecule has 21 heavy (non-hydrogen) atoms. The number of benzene rings is 2. The van der Waals surface area contributed by atoms with Gasteiger partial charge in [0.15, 0.2) is 0 Å². The van der Waals surface area contributed by atoms with Gasteiger partial charge in [0.25, 0.3) is 0 Å². The van der Waals surface area contributed by atoms with Gasteiger partial charge >= 0.3 is 0 Å². The molecular weight excluding hydrogens is 319 g/mol. The van der Waals surface area contributed by atoms with Gasteiger partial charge in [-0.15, -0.1) is 11.6 Å². The van der Waals surface area contributed by atoms with Crippen LogP contribution in [0.15, 0.2) is 30.3 Å². The van der Waals surface area contributed by atoms with Crippen molar-refractivity contribution in [1.29, 1.82) is 0 Å². The summed E-state index contributed by atoms with van der Waals surface area (Å²) in [6.45, 7) is 0. The Morgan fingerprint density at radius 2 is 1.86 bits per heavy atom. The minimum absolute atomic E-state index is 0.151. The molecule has 0 bridgehead atoms. The molecule has 0 aromatic heterocycles. The Bertz CT molecular complexity index is 728. The molecular formula is C15H9Cl2F2NO. The molecule has 2 aromatic carbocycles. The van der Waals surface area contributed by atoms with E-state index in [1.54, 1.807) is 12.1 Å². The second kappa shape index (κ2) is 5.28. The van der Waals surface area contributed by atoms with Gasteiger partial charge in [-0.3, -0.25) is 4.79 Å². The Balaban J connectivity index is 2.09. The molecule has 0 aliphatic carbocycles. The van der Waals surface area contributed by atoms with Crippen LogP contribution in [0.2, 0.25) is 5.02 Å². The van der Waals surface area contributed by atoms with Gasteiger partial charge in [-0.1, -0.05) is 17.7 Å². The summed E-state index contributed by atoms with van der Waals surface area (Å²) in [6, 6.07) is 6.70. The Hall–Kier alpha value is -1.65. The molecule has 108 valence electrons. The monoisotopic (exact) mass is 327 g/mol. The Morgan fingerprint density at radius 1 is 1.19 bits per heavy atom. The average Bonchev–Trinajstić information content (AvgIpc) is 2.76. The number of halogens is 4. The predicted octanol–water partition coefficient (Wildman–Crippen LogP) is 4.44. The van der Waals surface area contributed by atoms with E-state index in [4.69, 9.17) is 23.2 Å². The van der Waals surface area contributed by atoms with Crippen LogP contribution in [0.25, 0.3) is 0 Å². The summed E-state index contributed by atoms with van der Waals surface area (Å²) in [7, 11) is 0. The minimum Gasteiger partial charge on any atom is -0.325 e. The molecule has 0 spiro atoms. The van der Waals surface area contributed by atoms with Gasteiger partial charge in [0.1, 0.15) is 11.6 Å². The lowest BCUT2D eigenvalue weighted by molar-refractivity contribution is -0.115. The highest BCUT2D eigenvalue weighted by Crippen LogP contribution is 2.39. The van der Waals surface area contributed by atoms with Gasteiger partial charge < -0.3 is 5.32 Å². The van der Waals surface area contributed by atoms with E-state index >= 15 is 0 Å². The fourth-order valence-corrected chi connectivity index (χ4v) is 3.09. The molecule has 3 rings (SSSR count). The number of hydrogen-bond acceptors (Lipinski definition) is 1. The van der Waals surface area contributed by atoms with Gasteiger partial charge in [0.2, 0.25) is 5.91 Å². The average molecular weight is 328 g/mol. The van der Waals surface area contributed by atoms with Crippen LogP contribution in [0.3, 0.4) is 0 Å². The minimum atomic E-state index is -1.07. The van der Waals surface area contributed by atoms with E-state index in [9.17, 15) is 13.6 Å². The molecule has 0 saturated heterocycles. The van der Waals surface area contributed by atoms with E-state index in [1.165, 1.54) is 6.07 Å². The van der Waals surface area contributed by atoms with Crippen molar-refractivity contribution in [3.63, 3.8) is 0 Å². The maximum atomic E-state index is 13.8. The molecule has 6 heteroatoms. The Kier molecular flexibility index (Phi) is 3.59. The van der Waals surface area contributed by atoms with E-state index < -0.39 is 17.0 Å². The maximum absolute atomic E-state index is 13.8. The van der Waals surface area contributed by atoms with Crippen LogP contribution in [0.5, 0.6) is 0 Å². The molecule has 1 aliphatic heterocycles. The molecule has 0 saturated carbocycles. The predicted molar refractivity (Wildman–Crippen MR) is 77.8 cm³/mol. The van der Waals surface area contributed by atoms with E-state index in [2.05, 4.69) is 5.32 Å². The van der Waals surface area contributed by atoms with Crippen molar-refractivity contribution in [2.45, 2.75) is 11.8 Å². The molecule has 1 aliphatic rings. The molecule has 1 amide bonds. The molecule has 1 unspecified atom stereocenters. The van der Waals surface area contributed by atoms with Crippen LogP contribution in [-0.2, 0) is 11.2 Å². The third kappa shape index (κ3) is 2.49. The number of fused-ring (bicyclic) bond motifs is 1. The lowest BCUT2D eigenvalue weighted by atomic mass is 10.00. The third-order valence-corrected chi connectivity index (χ3v) is 4.15. The van der Waals surface area contributed by atoms with E-state index in [1.807, 2.05) is 0 Å². The molecule has 0 fully saturated rings. The largest absolute Gasteiger partial charge is 0.325 e. The number of carbonyl (C=O) groups is 1. The van der Waals surface area contributed by atoms with Crippen molar-refractivity contribution < 1.29 is 13.6 Å². The number of rotatable bonds is 2. The fraction of sp³-hybridized carbons (Fsp3) is 0.133. The smallest absolute Gasteiger partial charge is 0.228 e. The Morgan fingerprint density at radius 3 is 2.52 bits per heavy atom. The first-order chi connectivity index (χ1) is 9.97. The summed E-state index contributed by atoms with van der Waals surface area (Å²) < 4.78 is 27.6. The van der Waals surface area contributed by atoms with Crippen molar-refractivity contribution in [3.05, 3.63) is 63.7 Å². The number of nitrogens with one attached hydrogen (secondary N) is 1. The van der Waals surface area contributed by atoms with Crippen molar-refractivity contribution in [2.24, 2.45) is 0 Å². The van der Waals surface area contributed by atoms with Crippen molar-refractivity contribution >= 4 is 34.8 Å². The van der Waals surface area contributed by atoms with Crippen LogP contribution in [0, 0.1) is 11.6 Å². The first-order valence-corrected chi connectivity index (χ1v) is 6.99. The lowest BCUT2D eigenvalue weighted by Gasteiger charge is -2.15. The second-order valence-corrected chi connectivity index (χ2v) is 5.60. The van der Waals surface area contributed by atoms with Crippen LogP contribution >= 0.6 is 23.2 Å². The highest BCUT2D eigenvalue weighted by molar-refractivity contribution is 6.33. The zero-order chi connectivity index (χ0) is 15.1. The van der Waals surface area contributed by atoms with Gasteiger partial charge in [-0.05, 0) is 35.4 Å². The van der Waals surface area contributed by atoms with Gasteiger partial charge in [0, 0.05) is 16.3 Å². The van der Waals surface area contributed by atoms with Crippen LogP contribution in [0.4, 0.5) is 14.5 Å². The van der Waals surface area contributed by atoms with E-state index in [-0.39, 0.29) is 22.9 Å². The lowest BCUT2D eigenvalue weighted by Crippen LogP contribution is -2.03. The quantitative estimate of drug-likeness (QED) is 0.811. The summed E-state index contributed by atoms with van der Waals surface area (Å²) in [4.78, 5) is 11.4. The van der Waals surface area contributed by atoms with Crippen LogP contribution in [-0.4, -0.2) is 5.91 Å². The molecule has 2 aromatic rings. The van der Waals surface area contributed by atoms with Gasteiger partial charge in [-0.2, -0.15) is 0 Å². The summed E-state index contributed by atoms with van der Waals surface area (Å²) >= 11 is 12.3. The first kappa shape index (κ1) is 14.3.